The monoisotopic (exact) mass is 217 g/mol. The zero-order valence-corrected chi connectivity index (χ0v) is 7.07. The van der Waals surface area contributed by atoms with Gasteiger partial charge in [-0.25, -0.2) is 0 Å². The lowest BCUT2D eigenvalue weighted by Crippen LogP contribution is -2.23. The van der Waals surface area contributed by atoms with Crippen LogP contribution in [0.3, 0.4) is 0 Å². The Labute approximate surface area is 62.7 Å². The van der Waals surface area contributed by atoms with E-state index in [2.05, 4.69) is 15.9 Å². The Bertz CT molecular complexity index is 154. The van der Waals surface area contributed by atoms with Crippen molar-refractivity contribution in [1.82, 2.24) is 4.72 Å². The van der Waals surface area contributed by atoms with Gasteiger partial charge in [-0.05, 0) is 6.42 Å². The molecule has 0 fully saturated rings. The Morgan fingerprint density at radius 3 is 2.44 bits per heavy atom. The maximum atomic E-state index is 9.94. The molecule has 4 nitrogen and oxygen atoms in total. The number of hydrogen-bond donors (Lipinski definition) is 2. The van der Waals surface area contributed by atoms with Crippen LogP contribution in [0.5, 0.6) is 0 Å². The molecule has 0 aliphatic rings. The highest BCUT2D eigenvalue weighted by atomic mass is 79.9. The highest BCUT2D eigenvalue weighted by molar-refractivity contribution is 9.09. The van der Waals surface area contributed by atoms with Crippen LogP contribution in [0.25, 0.3) is 0 Å². The SMILES string of the molecule is O=S(=O)(O)NCCCBr. The second-order valence-corrected chi connectivity index (χ2v) is 3.44. The molecule has 6 heteroatoms. The summed E-state index contributed by atoms with van der Waals surface area (Å²) in [5, 5.41) is 0.718. The molecule has 0 aromatic rings. The van der Waals surface area contributed by atoms with Gasteiger partial charge in [0.1, 0.15) is 0 Å². The van der Waals surface area contributed by atoms with Gasteiger partial charge in [-0.2, -0.15) is 13.1 Å². The van der Waals surface area contributed by atoms with E-state index in [9.17, 15) is 8.42 Å². The van der Waals surface area contributed by atoms with Crippen LogP contribution in [-0.2, 0) is 10.3 Å². The predicted octanol–water partition coefficient (Wildman–Crippen LogP) is 0.164. The summed E-state index contributed by atoms with van der Waals surface area (Å²) in [7, 11) is -3.97. The Morgan fingerprint density at radius 1 is 1.56 bits per heavy atom. The third-order valence-electron chi connectivity index (χ3n) is 0.595. The number of halogens is 1. The molecule has 0 unspecified atom stereocenters. The zero-order chi connectivity index (χ0) is 7.33. The molecule has 0 spiro atoms. The van der Waals surface area contributed by atoms with Crippen LogP contribution in [0, 0.1) is 0 Å². The van der Waals surface area contributed by atoms with Gasteiger partial charge in [0.05, 0.1) is 0 Å². The number of alkyl halides is 1. The summed E-state index contributed by atoms with van der Waals surface area (Å²) in [6.07, 6.45) is 0.666. The van der Waals surface area contributed by atoms with Crippen molar-refractivity contribution in [2.75, 3.05) is 11.9 Å². The highest BCUT2D eigenvalue weighted by Gasteiger charge is 1.98. The summed E-state index contributed by atoms with van der Waals surface area (Å²) in [6, 6.07) is 0. The lowest BCUT2D eigenvalue weighted by molar-refractivity contribution is 0.467. The van der Waals surface area contributed by atoms with Crippen molar-refractivity contribution >= 4 is 26.2 Å². The molecule has 9 heavy (non-hydrogen) atoms. The predicted molar refractivity (Wildman–Crippen MR) is 38.0 cm³/mol. The van der Waals surface area contributed by atoms with Crippen LogP contribution in [0.1, 0.15) is 6.42 Å². The molecule has 0 radical (unpaired) electrons. The van der Waals surface area contributed by atoms with Gasteiger partial charge in [-0.1, -0.05) is 15.9 Å². The van der Waals surface area contributed by atoms with Gasteiger partial charge in [0.2, 0.25) is 0 Å². The summed E-state index contributed by atoms with van der Waals surface area (Å²) in [5.41, 5.74) is 0. The first-order valence-corrected chi connectivity index (χ1v) is 4.90. The van der Waals surface area contributed by atoms with Crippen molar-refractivity contribution in [3.63, 3.8) is 0 Å². The Morgan fingerprint density at radius 2 is 2.11 bits per heavy atom. The molecule has 2 N–H and O–H groups in total. The van der Waals surface area contributed by atoms with E-state index in [0.29, 0.717) is 6.42 Å². The molecule has 0 saturated carbocycles. The van der Waals surface area contributed by atoms with E-state index in [0.717, 1.165) is 5.33 Å². The summed E-state index contributed by atoms with van der Waals surface area (Å²) in [6.45, 7) is 0.268. The van der Waals surface area contributed by atoms with E-state index in [-0.39, 0.29) is 6.54 Å². The number of hydrogen-bond acceptors (Lipinski definition) is 2. The second kappa shape index (κ2) is 4.21. The van der Waals surface area contributed by atoms with Crippen molar-refractivity contribution in [2.24, 2.45) is 0 Å². The van der Waals surface area contributed by atoms with E-state index in [1.807, 2.05) is 4.72 Å². The summed E-state index contributed by atoms with van der Waals surface area (Å²) < 4.78 is 29.9. The lowest BCUT2D eigenvalue weighted by Gasteiger charge is -1.95. The summed E-state index contributed by atoms with van der Waals surface area (Å²) in [5.74, 6) is 0. The molecule has 0 rings (SSSR count). The molecule has 0 aromatic carbocycles. The minimum absolute atomic E-state index is 0.268. The molecule has 0 amide bonds. The Balaban J connectivity index is 3.30. The quantitative estimate of drug-likeness (QED) is 0.401. The third-order valence-corrected chi connectivity index (χ3v) is 1.72. The van der Waals surface area contributed by atoms with Crippen LogP contribution < -0.4 is 4.72 Å². The van der Waals surface area contributed by atoms with E-state index >= 15 is 0 Å². The van der Waals surface area contributed by atoms with E-state index in [4.69, 9.17) is 4.55 Å². The Hall–Kier alpha value is 0.350. The Kier molecular flexibility index (Phi) is 4.37. The fraction of sp³-hybridized carbons (Fsp3) is 1.00. The van der Waals surface area contributed by atoms with Crippen molar-refractivity contribution < 1.29 is 13.0 Å². The van der Waals surface area contributed by atoms with Crippen molar-refractivity contribution in [3.05, 3.63) is 0 Å². The van der Waals surface area contributed by atoms with Gasteiger partial charge in [0, 0.05) is 11.9 Å². The highest BCUT2D eigenvalue weighted by Crippen LogP contribution is 1.85. The molecular formula is C3H8BrNO3S. The molecule has 56 valence electrons. The molecular weight excluding hydrogens is 210 g/mol. The minimum atomic E-state index is -3.97. The van der Waals surface area contributed by atoms with Crippen LogP contribution in [-0.4, -0.2) is 24.8 Å². The fourth-order valence-electron chi connectivity index (χ4n) is 0.268. The average Bonchev–Trinajstić information content (AvgIpc) is 1.63. The van der Waals surface area contributed by atoms with Crippen LogP contribution in [0.2, 0.25) is 0 Å². The fourth-order valence-corrected chi connectivity index (χ4v) is 0.951. The van der Waals surface area contributed by atoms with E-state index in [1.54, 1.807) is 0 Å². The molecule has 0 heterocycles. The first-order chi connectivity index (χ1) is 4.06. The van der Waals surface area contributed by atoms with Crippen molar-refractivity contribution in [1.29, 1.82) is 0 Å². The molecule has 0 aliphatic heterocycles. The molecule has 0 aliphatic carbocycles. The first-order valence-electron chi connectivity index (χ1n) is 2.34. The average molecular weight is 218 g/mol. The number of nitrogens with one attached hydrogen (secondary N) is 1. The molecule has 0 aromatic heterocycles. The van der Waals surface area contributed by atoms with Crippen LogP contribution >= 0.6 is 15.9 Å². The lowest BCUT2D eigenvalue weighted by atomic mass is 10.5. The van der Waals surface area contributed by atoms with Gasteiger partial charge >= 0.3 is 10.3 Å². The van der Waals surface area contributed by atoms with Gasteiger partial charge in [0.15, 0.2) is 0 Å². The second-order valence-electron chi connectivity index (χ2n) is 1.41. The standard InChI is InChI=1S/C3H8BrNO3S/c4-2-1-3-5-9(6,7)8/h5H,1-3H2,(H,6,7,8). The molecule has 0 atom stereocenters. The van der Waals surface area contributed by atoms with Crippen LogP contribution in [0.15, 0.2) is 0 Å². The molecule has 0 bridgehead atoms. The summed E-state index contributed by atoms with van der Waals surface area (Å²) >= 11 is 3.10. The summed E-state index contributed by atoms with van der Waals surface area (Å²) in [4.78, 5) is 0. The smallest absolute Gasteiger partial charge is 0.273 e. The maximum Gasteiger partial charge on any atom is 0.333 e. The first kappa shape index (κ1) is 9.35. The maximum absolute atomic E-state index is 9.94. The van der Waals surface area contributed by atoms with Crippen molar-refractivity contribution in [2.45, 2.75) is 6.42 Å². The normalized spacial score (nSPS) is 11.8. The van der Waals surface area contributed by atoms with Gasteiger partial charge < -0.3 is 0 Å². The van der Waals surface area contributed by atoms with Crippen molar-refractivity contribution in [3.8, 4) is 0 Å². The largest absolute Gasteiger partial charge is 0.333 e. The molecule has 0 saturated heterocycles. The van der Waals surface area contributed by atoms with Gasteiger partial charge in [-0.15, -0.1) is 0 Å². The van der Waals surface area contributed by atoms with Gasteiger partial charge in [-0.3, -0.25) is 4.55 Å². The van der Waals surface area contributed by atoms with E-state index in [1.165, 1.54) is 0 Å². The topological polar surface area (TPSA) is 66.4 Å². The minimum Gasteiger partial charge on any atom is -0.273 e. The van der Waals surface area contributed by atoms with Gasteiger partial charge in [0.25, 0.3) is 0 Å². The third kappa shape index (κ3) is 8.35. The van der Waals surface area contributed by atoms with E-state index < -0.39 is 10.3 Å². The zero-order valence-electron chi connectivity index (χ0n) is 4.67. The van der Waals surface area contributed by atoms with Crippen LogP contribution in [0.4, 0.5) is 0 Å². The number of rotatable bonds is 4.